The van der Waals surface area contributed by atoms with E-state index in [-0.39, 0.29) is 18.0 Å². The van der Waals surface area contributed by atoms with E-state index in [1.165, 1.54) is 0 Å². The van der Waals surface area contributed by atoms with E-state index in [0.29, 0.717) is 19.8 Å². The number of hydrogen-bond donors (Lipinski definition) is 1. The second-order valence-electron chi connectivity index (χ2n) is 7.27. The van der Waals surface area contributed by atoms with Crippen molar-refractivity contribution >= 4 is 6.03 Å². The van der Waals surface area contributed by atoms with E-state index in [1.54, 1.807) is 4.90 Å². The number of benzene rings is 2. The highest BCUT2D eigenvalue weighted by molar-refractivity contribution is 5.74. The maximum absolute atomic E-state index is 12.7. The highest BCUT2D eigenvalue weighted by Crippen LogP contribution is 2.34. The number of amides is 2. The summed E-state index contributed by atoms with van der Waals surface area (Å²) in [5.41, 5.74) is 2.13. The van der Waals surface area contributed by atoms with Crippen molar-refractivity contribution in [2.24, 2.45) is 5.92 Å². The Bertz CT molecular complexity index is 761. The topological polar surface area (TPSA) is 50.8 Å². The van der Waals surface area contributed by atoms with Crippen LogP contribution in [0.25, 0.3) is 0 Å². The number of carbonyl (C=O) groups excluding carboxylic acids is 1. The monoisotopic (exact) mass is 368 g/mol. The highest BCUT2D eigenvalue weighted by Gasteiger charge is 2.22. The van der Waals surface area contributed by atoms with Crippen LogP contribution >= 0.6 is 0 Å². The Morgan fingerprint density at radius 1 is 1.07 bits per heavy atom. The van der Waals surface area contributed by atoms with Gasteiger partial charge in [0.1, 0.15) is 0 Å². The zero-order chi connectivity index (χ0) is 19.2. The summed E-state index contributed by atoms with van der Waals surface area (Å²) >= 11 is 0. The molecule has 1 aliphatic heterocycles. The number of rotatable bonds is 5. The third-order valence-corrected chi connectivity index (χ3v) is 4.69. The van der Waals surface area contributed by atoms with Crippen LogP contribution in [0.3, 0.4) is 0 Å². The number of fused-ring (bicyclic) bond motifs is 1. The standard InChI is InChI=1S/C22H28N2O3/c1-16(2)21(18-10-11-19-20(14-18)27-13-7-12-26-19)23-22(25)24(3)15-17-8-5-4-6-9-17/h4-6,8-11,14,16,21H,7,12-13,15H2,1-3H3,(H,23,25)/t21-/m0/s1. The molecule has 1 atom stereocenters. The Morgan fingerprint density at radius 2 is 1.78 bits per heavy atom. The number of hydrogen-bond acceptors (Lipinski definition) is 3. The first-order valence-corrected chi connectivity index (χ1v) is 9.49. The van der Waals surface area contributed by atoms with Crippen molar-refractivity contribution in [3.63, 3.8) is 0 Å². The first kappa shape index (κ1) is 19.1. The molecule has 0 bridgehead atoms. The molecule has 1 N–H and O–H groups in total. The molecule has 2 amide bonds. The van der Waals surface area contributed by atoms with Crippen molar-refractivity contribution in [1.29, 1.82) is 0 Å². The van der Waals surface area contributed by atoms with Crippen LogP contribution in [0.15, 0.2) is 48.5 Å². The molecule has 0 aromatic heterocycles. The molecule has 0 fully saturated rings. The quantitative estimate of drug-likeness (QED) is 0.852. The molecule has 3 rings (SSSR count). The molecular weight excluding hydrogens is 340 g/mol. The summed E-state index contributed by atoms with van der Waals surface area (Å²) in [7, 11) is 1.81. The van der Waals surface area contributed by atoms with E-state index in [1.807, 2.05) is 55.6 Å². The van der Waals surface area contributed by atoms with Gasteiger partial charge < -0.3 is 19.7 Å². The fraction of sp³-hybridized carbons (Fsp3) is 0.409. The van der Waals surface area contributed by atoms with Crippen LogP contribution in [0, 0.1) is 5.92 Å². The van der Waals surface area contributed by atoms with Crippen molar-refractivity contribution < 1.29 is 14.3 Å². The molecule has 0 spiro atoms. The minimum Gasteiger partial charge on any atom is -0.490 e. The predicted octanol–water partition coefficient (Wildman–Crippen LogP) is 4.39. The van der Waals surface area contributed by atoms with E-state index >= 15 is 0 Å². The number of carbonyl (C=O) groups is 1. The van der Waals surface area contributed by atoms with Gasteiger partial charge in [0.05, 0.1) is 19.3 Å². The maximum Gasteiger partial charge on any atom is 0.317 e. The average molecular weight is 368 g/mol. The number of ether oxygens (including phenoxy) is 2. The maximum atomic E-state index is 12.7. The second kappa shape index (κ2) is 8.80. The van der Waals surface area contributed by atoms with Gasteiger partial charge >= 0.3 is 6.03 Å². The lowest BCUT2D eigenvalue weighted by Gasteiger charge is -2.27. The third-order valence-electron chi connectivity index (χ3n) is 4.69. The van der Waals surface area contributed by atoms with Crippen LogP contribution in [-0.2, 0) is 6.54 Å². The van der Waals surface area contributed by atoms with E-state index in [2.05, 4.69) is 19.2 Å². The van der Waals surface area contributed by atoms with Crippen molar-refractivity contribution in [1.82, 2.24) is 10.2 Å². The molecule has 0 radical (unpaired) electrons. The zero-order valence-electron chi connectivity index (χ0n) is 16.3. The molecule has 27 heavy (non-hydrogen) atoms. The van der Waals surface area contributed by atoms with Crippen LogP contribution in [0.1, 0.15) is 37.4 Å². The van der Waals surface area contributed by atoms with Gasteiger partial charge in [-0.1, -0.05) is 50.2 Å². The summed E-state index contributed by atoms with van der Waals surface area (Å²) in [5.74, 6) is 1.76. The fourth-order valence-corrected chi connectivity index (χ4v) is 3.18. The number of nitrogens with one attached hydrogen (secondary N) is 1. The molecule has 1 heterocycles. The van der Waals surface area contributed by atoms with Gasteiger partial charge in [-0.25, -0.2) is 4.79 Å². The average Bonchev–Trinajstić information content (AvgIpc) is 2.91. The number of nitrogens with zero attached hydrogens (tertiary/aromatic N) is 1. The Labute approximate surface area is 161 Å². The number of urea groups is 1. The lowest BCUT2D eigenvalue weighted by atomic mass is 9.95. The minimum absolute atomic E-state index is 0.0929. The van der Waals surface area contributed by atoms with Crippen molar-refractivity contribution in [3.8, 4) is 11.5 Å². The van der Waals surface area contributed by atoms with E-state index in [4.69, 9.17) is 9.47 Å². The first-order chi connectivity index (χ1) is 13.0. The lowest BCUT2D eigenvalue weighted by molar-refractivity contribution is 0.198. The van der Waals surface area contributed by atoms with Gasteiger partial charge in [0.15, 0.2) is 11.5 Å². The van der Waals surface area contributed by atoms with Crippen LogP contribution in [0.4, 0.5) is 4.79 Å². The molecular formula is C22H28N2O3. The SMILES string of the molecule is CC(C)[C@H](NC(=O)N(C)Cc1ccccc1)c1ccc2c(c1)OCCCO2. The molecule has 144 valence electrons. The van der Waals surface area contributed by atoms with Gasteiger partial charge in [-0.3, -0.25) is 0 Å². The Morgan fingerprint density at radius 3 is 2.48 bits per heavy atom. The molecule has 5 nitrogen and oxygen atoms in total. The summed E-state index contributed by atoms with van der Waals surface area (Å²) in [6.07, 6.45) is 0.874. The minimum atomic E-state index is -0.104. The van der Waals surface area contributed by atoms with E-state index in [0.717, 1.165) is 29.0 Å². The molecule has 1 aliphatic rings. The van der Waals surface area contributed by atoms with Crippen LogP contribution < -0.4 is 14.8 Å². The van der Waals surface area contributed by atoms with Crippen molar-refractivity contribution in [2.45, 2.75) is 32.9 Å². The Balaban J connectivity index is 1.72. The third kappa shape index (κ3) is 4.94. The summed E-state index contributed by atoms with van der Waals surface area (Å²) in [6, 6.07) is 15.7. The molecule has 0 saturated carbocycles. The van der Waals surface area contributed by atoms with Crippen LogP contribution in [0.5, 0.6) is 11.5 Å². The normalized spacial score (nSPS) is 14.4. The second-order valence-corrected chi connectivity index (χ2v) is 7.27. The van der Waals surface area contributed by atoms with Gasteiger partial charge in [-0.2, -0.15) is 0 Å². The fourth-order valence-electron chi connectivity index (χ4n) is 3.18. The molecule has 5 heteroatoms. The molecule has 2 aromatic rings. The zero-order valence-corrected chi connectivity index (χ0v) is 16.3. The van der Waals surface area contributed by atoms with E-state index in [9.17, 15) is 4.79 Å². The van der Waals surface area contributed by atoms with Gasteiger partial charge in [0, 0.05) is 20.0 Å². The van der Waals surface area contributed by atoms with Crippen molar-refractivity contribution in [3.05, 3.63) is 59.7 Å². The van der Waals surface area contributed by atoms with Crippen LogP contribution in [0.2, 0.25) is 0 Å². The Hall–Kier alpha value is -2.69. The van der Waals surface area contributed by atoms with E-state index < -0.39 is 0 Å². The summed E-state index contributed by atoms with van der Waals surface area (Å²) in [5, 5.41) is 3.17. The van der Waals surface area contributed by atoms with Gasteiger partial charge in [0.25, 0.3) is 0 Å². The summed E-state index contributed by atoms with van der Waals surface area (Å²) < 4.78 is 11.5. The smallest absolute Gasteiger partial charge is 0.317 e. The molecule has 2 aromatic carbocycles. The first-order valence-electron chi connectivity index (χ1n) is 9.49. The molecule has 0 unspecified atom stereocenters. The highest BCUT2D eigenvalue weighted by atomic mass is 16.5. The largest absolute Gasteiger partial charge is 0.490 e. The Kier molecular flexibility index (Phi) is 6.22. The summed E-state index contributed by atoms with van der Waals surface area (Å²) in [4.78, 5) is 14.4. The van der Waals surface area contributed by atoms with Crippen molar-refractivity contribution in [2.75, 3.05) is 20.3 Å². The molecule has 0 aliphatic carbocycles. The van der Waals surface area contributed by atoms with Gasteiger partial charge in [0.2, 0.25) is 0 Å². The molecule has 0 saturated heterocycles. The predicted molar refractivity (Wildman–Crippen MR) is 106 cm³/mol. The van der Waals surface area contributed by atoms with Gasteiger partial charge in [-0.05, 0) is 29.2 Å². The lowest BCUT2D eigenvalue weighted by Crippen LogP contribution is -2.40. The summed E-state index contributed by atoms with van der Waals surface area (Å²) in [6.45, 7) is 6.09. The van der Waals surface area contributed by atoms with Crippen LogP contribution in [-0.4, -0.2) is 31.2 Å². The van der Waals surface area contributed by atoms with Gasteiger partial charge in [-0.15, -0.1) is 0 Å².